The molecule has 18 heavy (non-hydrogen) atoms. The van der Waals surface area contributed by atoms with Crippen LogP contribution in [0.1, 0.15) is 23.7 Å². The molecule has 1 aromatic rings. The summed E-state index contributed by atoms with van der Waals surface area (Å²) in [6.07, 6.45) is 0.749. The highest BCUT2D eigenvalue weighted by molar-refractivity contribution is 6.01. The molecule has 2 atom stereocenters. The lowest BCUT2D eigenvalue weighted by atomic mass is 9.92. The van der Waals surface area contributed by atoms with Crippen LogP contribution in [-0.2, 0) is 4.74 Å². The van der Waals surface area contributed by atoms with E-state index in [1.54, 1.807) is 32.4 Å². The van der Waals surface area contributed by atoms with Gasteiger partial charge in [-0.1, -0.05) is 0 Å². The molecule has 98 valence electrons. The molecule has 1 saturated heterocycles. The highest BCUT2D eigenvalue weighted by atomic mass is 16.5. The van der Waals surface area contributed by atoms with Crippen molar-refractivity contribution in [1.29, 1.82) is 0 Å². The fourth-order valence-corrected chi connectivity index (χ4v) is 2.28. The summed E-state index contributed by atoms with van der Waals surface area (Å²) in [5.74, 6) is 1.24. The summed E-state index contributed by atoms with van der Waals surface area (Å²) in [6, 6.07) is 5.26. The molecule has 0 aliphatic carbocycles. The lowest BCUT2D eigenvalue weighted by molar-refractivity contribution is 0.0762. The highest BCUT2D eigenvalue weighted by Gasteiger charge is 2.32. The molecule has 0 amide bonds. The van der Waals surface area contributed by atoms with Crippen LogP contribution in [0.5, 0.6) is 11.5 Å². The van der Waals surface area contributed by atoms with Gasteiger partial charge in [-0.3, -0.25) is 4.79 Å². The van der Waals surface area contributed by atoms with Gasteiger partial charge in [0.05, 0.1) is 31.8 Å². The minimum atomic E-state index is -0.0766. The van der Waals surface area contributed by atoms with Gasteiger partial charge in [0.1, 0.15) is 11.5 Å². The summed E-state index contributed by atoms with van der Waals surface area (Å²) in [7, 11) is 3.14. The van der Waals surface area contributed by atoms with Gasteiger partial charge in [-0.05, 0) is 25.5 Å². The van der Waals surface area contributed by atoms with E-state index in [1.807, 2.05) is 6.92 Å². The quantitative estimate of drug-likeness (QED) is 0.769. The van der Waals surface area contributed by atoms with Gasteiger partial charge in [0.15, 0.2) is 5.78 Å². The number of carbonyl (C=O) groups excluding carboxylic acids is 1. The topological polar surface area (TPSA) is 44.8 Å². The van der Waals surface area contributed by atoms with Crippen molar-refractivity contribution in [1.82, 2.24) is 0 Å². The first-order chi connectivity index (χ1) is 8.67. The van der Waals surface area contributed by atoms with Crippen LogP contribution in [0.25, 0.3) is 0 Å². The molecule has 0 N–H and O–H groups in total. The summed E-state index contributed by atoms with van der Waals surface area (Å²) >= 11 is 0. The van der Waals surface area contributed by atoms with Crippen LogP contribution in [0, 0.1) is 5.92 Å². The average molecular weight is 250 g/mol. The predicted octanol–water partition coefficient (Wildman–Crippen LogP) is 2.31. The van der Waals surface area contributed by atoms with Gasteiger partial charge < -0.3 is 14.2 Å². The number of benzene rings is 1. The van der Waals surface area contributed by atoms with E-state index in [1.165, 1.54) is 0 Å². The van der Waals surface area contributed by atoms with Crippen molar-refractivity contribution in [3.63, 3.8) is 0 Å². The number of ether oxygens (including phenoxy) is 3. The Morgan fingerprint density at radius 2 is 2.11 bits per heavy atom. The molecular formula is C14H18O4. The maximum absolute atomic E-state index is 12.4. The molecule has 0 bridgehead atoms. The van der Waals surface area contributed by atoms with Crippen molar-refractivity contribution in [3.8, 4) is 11.5 Å². The van der Waals surface area contributed by atoms with Crippen molar-refractivity contribution >= 4 is 5.78 Å². The molecule has 1 aromatic carbocycles. The SMILES string of the molecule is COc1ccc(C(=O)C2CCOC2C)c(OC)c1. The van der Waals surface area contributed by atoms with Crippen LogP contribution in [0.2, 0.25) is 0 Å². The molecular weight excluding hydrogens is 232 g/mol. The molecule has 4 nitrogen and oxygen atoms in total. The molecule has 0 radical (unpaired) electrons. The zero-order valence-corrected chi connectivity index (χ0v) is 10.9. The van der Waals surface area contributed by atoms with Gasteiger partial charge in [-0.25, -0.2) is 0 Å². The first kappa shape index (κ1) is 12.9. The van der Waals surface area contributed by atoms with Crippen LogP contribution >= 0.6 is 0 Å². The Bertz CT molecular complexity index is 441. The van der Waals surface area contributed by atoms with Gasteiger partial charge in [0.25, 0.3) is 0 Å². The van der Waals surface area contributed by atoms with Crippen molar-refractivity contribution in [2.24, 2.45) is 5.92 Å². The zero-order valence-electron chi connectivity index (χ0n) is 10.9. The lowest BCUT2D eigenvalue weighted by Gasteiger charge is -2.15. The van der Waals surface area contributed by atoms with E-state index in [-0.39, 0.29) is 17.8 Å². The van der Waals surface area contributed by atoms with E-state index in [0.717, 1.165) is 6.42 Å². The molecule has 0 saturated carbocycles. The molecule has 4 heteroatoms. The Hall–Kier alpha value is -1.55. The van der Waals surface area contributed by atoms with Gasteiger partial charge in [-0.2, -0.15) is 0 Å². The minimum Gasteiger partial charge on any atom is -0.497 e. The first-order valence-electron chi connectivity index (χ1n) is 6.05. The van der Waals surface area contributed by atoms with Gasteiger partial charge in [-0.15, -0.1) is 0 Å². The van der Waals surface area contributed by atoms with Crippen LogP contribution < -0.4 is 9.47 Å². The van der Waals surface area contributed by atoms with E-state index in [4.69, 9.17) is 14.2 Å². The molecule has 0 spiro atoms. The third-order valence-corrected chi connectivity index (χ3v) is 3.39. The predicted molar refractivity (Wildman–Crippen MR) is 67.4 cm³/mol. The summed E-state index contributed by atoms with van der Waals surface area (Å²) in [4.78, 5) is 12.4. The van der Waals surface area contributed by atoms with E-state index in [2.05, 4.69) is 0 Å². The van der Waals surface area contributed by atoms with Crippen LogP contribution in [0.3, 0.4) is 0 Å². The van der Waals surface area contributed by atoms with Crippen LogP contribution in [-0.4, -0.2) is 32.7 Å². The largest absolute Gasteiger partial charge is 0.497 e. The van der Waals surface area contributed by atoms with Crippen molar-refractivity contribution in [2.45, 2.75) is 19.4 Å². The molecule has 1 heterocycles. The molecule has 1 aliphatic rings. The third kappa shape index (κ3) is 2.34. The summed E-state index contributed by atoms with van der Waals surface area (Å²) in [5.41, 5.74) is 0.598. The Morgan fingerprint density at radius 3 is 2.67 bits per heavy atom. The third-order valence-electron chi connectivity index (χ3n) is 3.39. The normalized spacial score (nSPS) is 22.8. The summed E-state index contributed by atoms with van der Waals surface area (Å²) < 4.78 is 15.8. The van der Waals surface area contributed by atoms with Gasteiger partial charge in [0.2, 0.25) is 0 Å². The van der Waals surface area contributed by atoms with E-state index in [0.29, 0.717) is 23.7 Å². The van der Waals surface area contributed by atoms with E-state index < -0.39 is 0 Å². The maximum Gasteiger partial charge on any atom is 0.172 e. The molecule has 1 fully saturated rings. The van der Waals surface area contributed by atoms with Crippen molar-refractivity contribution < 1.29 is 19.0 Å². The molecule has 1 aliphatic heterocycles. The van der Waals surface area contributed by atoms with Crippen LogP contribution in [0.15, 0.2) is 18.2 Å². The number of carbonyl (C=O) groups is 1. The first-order valence-corrected chi connectivity index (χ1v) is 6.05. The van der Waals surface area contributed by atoms with Gasteiger partial charge in [0, 0.05) is 12.7 Å². The molecule has 2 rings (SSSR count). The Labute approximate surface area is 107 Å². The minimum absolute atomic E-state index is 0.0238. The fourth-order valence-electron chi connectivity index (χ4n) is 2.28. The van der Waals surface area contributed by atoms with Crippen molar-refractivity contribution in [2.75, 3.05) is 20.8 Å². The van der Waals surface area contributed by atoms with E-state index in [9.17, 15) is 4.79 Å². The fraction of sp³-hybridized carbons (Fsp3) is 0.500. The Balaban J connectivity index is 2.29. The smallest absolute Gasteiger partial charge is 0.172 e. The molecule has 0 aromatic heterocycles. The van der Waals surface area contributed by atoms with Crippen LogP contribution in [0.4, 0.5) is 0 Å². The lowest BCUT2D eigenvalue weighted by Crippen LogP contribution is -2.22. The number of methoxy groups -OCH3 is 2. The number of Topliss-reactive ketones (excluding diaryl/α,β-unsaturated/α-hetero) is 1. The van der Waals surface area contributed by atoms with E-state index >= 15 is 0 Å². The second kappa shape index (κ2) is 5.40. The average Bonchev–Trinajstić information content (AvgIpc) is 2.83. The monoisotopic (exact) mass is 250 g/mol. The molecule has 2 unspecified atom stereocenters. The van der Waals surface area contributed by atoms with Gasteiger partial charge >= 0.3 is 0 Å². The zero-order chi connectivity index (χ0) is 13.1. The Morgan fingerprint density at radius 1 is 1.33 bits per heavy atom. The number of ketones is 1. The number of hydrogen-bond donors (Lipinski definition) is 0. The maximum atomic E-state index is 12.4. The Kier molecular flexibility index (Phi) is 3.87. The summed E-state index contributed by atoms with van der Waals surface area (Å²) in [5, 5.41) is 0. The number of hydrogen-bond acceptors (Lipinski definition) is 4. The number of rotatable bonds is 4. The second-order valence-electron chi connectivity index (χ2n) is 4.40. The standard InChI is InChI=1S/C14H18O4/c1-9-11(6-7-18-9)14(15)12-5-4-10(16-2)8-13(12)17-3/h4-5,8-9,11H,6-7H2,1-3H3. The van der Waals surface area contributed by atoms with Crippen molar-refractivity contribution in [3.05, 3.63) is 23.8 Å². The summed E-state index contributed by atoms with van der Waals surface area (Å²) in [6.45, 7) is 2.58. The second-order valence-corrected chi connectivity index (χ2v) is 4.40. The highest BCUT2D eigenvalue weighted by Crippen LogP contribution is 2.31.